The van der Waals surface area contributed by atoms with E-state index in [0.29, 0.717) is 12.0 Å². The highest BCUT2D eigenvalue weighted by atomic mass is 32.2. The van der Waals surface area contributed by atoms with E-state index < -0.39 is 18.2 Å². The largest absolute Gasteiger partial charge is 0.390 e. The Bertz CT molecular complexity index is 1370. The van der Waals surface area contributed by atoms with Crippen molar-refractivity contribution in [2.24, 2.45) is 0 Å². The van der Waals surface area contributed by atoms with Gasteiger partial charge in [0.2, 0.25) is 5.91 Å². The summed E-state index contributed by atoms with van der Waals surface area (Å²) in [6.45, 7) is 4.95. The Balaban J connectivity index is 1.32. The van der Waals surface area contributed by atoms with Crippen molar-refractivity contribution in [3.63, 3.8) is 0 Å². The average Bonchev–Trinajstić information content (AvgIpc) is 3.28. The first-order chi connectivity index (χ1) is 20.3. The van der Waals surface area contributed by atoms with Crippen molar-refractivity contribution in [3.05, 3.63) is 65.4 Å². The first-order valence-electron chi connectivity index (χ1n) is 15.4. The topological polar surface area (TPSA) is 98.6 Å². The van der Waals surface area contributed by atoms with Crippen LogP contribution in [0, 0.1) is 0 Å². The number of nitrogens with zero attached hydrogens (tertiary/aromatic N) is 2. The third-order valence-electron chi connectivity index (χ3n) is 8.69. The molecule has 0 spiro atoms. The summed E-state index contributed by atoms with van der Waals surface area (Å²) < 4.78 is 4.38. The van der Waals surface area contributed by atoms with Crippen LogP contribution in [0.2, 0.25) is 0 Å². The zero-order valence-corrected chi connectivity index (χ0v) is 25.9. The number of benzene rings is 2. The van der Waals surface area contributed by atoms with Crippen molar-refractivity contribution < 1.29 is 14.7 Å². The summed E-state index contributed by atoms with van der Waals surface area (Å²) in [6, 6.07) is 13.1. The van der Waals surface area contributed by atoms with Gasteiger partial charge in [0.05, 0.1) is 29.4 Å². The van der Waals surface area contributed by atoms with Crippen molar-refractivity contribution in [1.29, 1.82) is 0 Å². The summed E-state index contributed by atoms with van der Waals surface area (Å²) in [5.74, 6) is 0.728. The van der Waals surface area contributed by atoms with Gasteiger partial charge in [-0.2, -0.15) is 0 Å². The summed E-state index contributed by atoms with van der Waals surface area (Å²) >= 11 is 1.76. The van der Waals surface area contributed by atoms with Crippen LogP contribution in [-0.2, 0) is 24.2 Å². The molecule has 0 saturated heterocycles. The molecule has 1 aromatic heterocycles. The third-order valence-corrected chi connectivity index (χ3v) is 9.67. The number of aliphatic hydroxyl groups is 1. The van der Waals surface area contributed by atoms with Crippen molar-refractivity contribution in [2.75, 3.05) is 23.7 Å². The molecule has 3 aromatic rings. The Kier molecular flexibility index (Phi) is 10.1. The molecule has 5 rings (SSSR count). The number of aromatic nitrogens is 1. The molecule has 1 fully saturated rings. The number of hydrogen-bond acceptors (Lipinski definition) is 6. The highest BCUT2D eigenvalue weighted by Gasteiger charge is 2.27. The molecule has 226 valence electrons. The summed E-state index contributed by atoms with van der Waals surface area (Å²) in [7, 11) is 2.05. The Hall–Kier alpha value is -3.01. The average molecular weight is 592 g/mol. The van der Waals surface area contributed by atoms with Gasteiger partial charge < -0.3 is 29.9 Å². The second-order valence-electron chi connectivity index (χ2n) is 11.7. The van der Waals surface area contributed by atoms with Crippen molar-refractivity contribution in [1.82, 2.24) is 20.5 Å². The molecule has 9 heteroatoms. The minimum absolute atomic E-state index is 0.0452. The zero-order chi connectivity index (χ0) is 29.6. The van der Waals surface area contributed by atoms with Gasteiger partial charge in [0.25, 0.3) is 5.91 Å². The van der Waals surface area contributed by atoms with Crippen LogP contribution in [-0.4, -0.2) is 65.1 Å². The summed E-state index contributed by atoms with van der Waals surface area (Å²) in [6.07, 6.45) is 8.38. The summed E-state index contributed by atoms with van der Waals surface area (Å²) in [4.78, 5) is 26.6. The molecule has 42 heavy (non-hydrogen) atoms. The minimum Gasteiger partial charge on any atom is -0.390 e. The van der Waals surface area contributed by atoms with E-state index in [1.54, 1.807) is 11.9 Å². The second-order valence-corrected chi connectivity index (χ2v) is 12.9. The Morgan fingerprint density at radius 1 is 1.12 bits per heavy atom. The number of hydrogen-bond donors (Lipinski definition) is 4. The molecule has 0 unspecified atom stereocenters. The molecule has 0 radical (unpaired) electrons. The molecule has 8 nitrogen and oxygen atoms in total. The number of amides is 2. The van der Waals surface area contributed by atoms with E-state index in [1.165, 1.54) is 17.4 Å². The van der Waals surface area contributed by atoms with Gasteiger partial charge in [-0.15, -0.1) is 0 Å². The molecule has 0 bridgehead atoms. The van der Waals surface area contributed by atoms with E-state index >= 15 is 0 Å². The van der Waals surface area contributed by atoms with E-state index in [0.717, 1.165) is 61.2 Å². The molecule has 1 saturated carbocycles. The van der Waals surface area contributed by atoms with Crippen LogP contribution in [0.25, 0.3) is 10.9 Å². The maximum atomic E-state index is 13.8. The Morgan fingerprint density at radius 2 is 1.88 bits per heavy atom. The molecule has 3 atom stereocenters. The van der Waals surface area contributed by atoms with Crippen LogP contribution in [0.15, 0.2) is 48.7 Å². The quantitative estimate of drug-likeness (QED) is 0.246. The Morgan fingerprint density at radius 3 is 2.62 bits per heavy atom. The van der Waals surface area contributed by atoms with Gasteiger partial charge in [-0.3, -0.25) is 9.59 Å². The number of carbonyl (C=O) groups is 2. The van der Waals surface area contributed by atoms with Crippen LogP contribution < -0.4 is 20.3 Å². The maximum absolute atomic E-state index is 13.8. The number of aliphatic hydroxyl groups excluding tert-OH is 1. The number of anilines is 1. The molecule has 2 aromatic carbocycles. The summed E-state index contributed by atoms with van der Waals surface area (Å²) in [5.41, 5.74) is 5.01. The van der Waals surface area contributed by atoms with Gasteiger partial charge >= 0.3 is 0 Å². The van der Waals surface area contributed by atoms with E-state index in [-0.39, 0.29) is 24.4 Å². The molecule has 4 N–H and O–H groups in total. The molecular formula is C33H45N5O3S. The normalized spacial score (nSPS) is 17.9. The lowest BCUT2D eigenvalue weighted by molar-refractivity contribution is -0.123. The lowest BCUT2D eigenvalue weighted by atomic mass is 9.95. The monoisotopic (exact) mass is 591 g/mol. The first kappa shape index (κ1) is 30.4. The fourth-order valence-corrected chi connectivity index (χ4v) is 7.06. The van der Waals surface area contributed by atoms with Crippen LogP contribution in [0.4, 0.5) is 5.69 Å². The predicted molar refractivity (Wildman–Crippen MR) is 172 cm³/mol. The standard InChI is InChI=1S/C33H45N5O3S/c1-4-38-21-24-15-16-42-37(3)28-18-25(19-29(38)31(24)28)33(41)36-27(17-23-11-7-5-8-12-23)30(39)20-34-22(2)32(40)35-26-13-9-6-10-14-26/h5,7-8,11-12,18-19,21-22,26-27,30,34,39H,4,6,9-10,13-17,20H2,1-3H3,(H,35,40)(H,36,41)/t22-,27-,30+/m0/s1. The zero-order valence-electron chi connectivity index (χ0n) is 25.1. The van der Waals surface area contributed by atoms with Crippen LogP contribution in [0.1, 0.15) is 67.4 Å². The molecule has 2 heterocycles. The molecule has 2 aliphatic rings. The van der Waals surface area contributed by atoms with Gasteiger partial charge in [0.1, 0.15) is 0 Å². The smallest absolute Gasteiger partial charge is 0.251 e. The first-order valence-corrected chi connectivity index (χ1v) is 16.4. The SMILES string of the molecule is CCn1cc2c3c(cc(C(=O)N[C@@H](Cc4ccccc4)[C@H](O)CN[C@@H](C)C(=O)NC4CCCCC4)cc31)N(C)SCC2. The molecule has 1 aliphatic heterocycles. The minimum atomic E-state index is -0.895. The van der Waals surface area contributed by atoms with Gasteiger partial charge in [-0.05, 0) is 74.7 Å². The number of carbonyl (C=O) groups excluding carboxylic acids is 2. The van der Waals surface area contributed by atoms with E-state index in [1.807, 2.05) is 49.4 Å². The maximum Gasteiger partial charge on any atom is 0.251 e. The molecule has 1 aliphatic carbocycles. The van der Waals surface area contributed by atoms with Crippen LogP contribution in [0.3, 0.4) is 0 Å². The lowest BCUT2D eigenvalue weighted by Crippen LogP contribution is -2.53. The number of nitrogens with one attached hydrogen (secondary N) is 3. The van der Waals surface area contributed by atoms with Crippen molar-refractivity contribution in [2.45, 2.75) is 89.6 Å². The number of aryl methyl sites for hydroxylation is 2. The van der Waals surface area contributed by atoms with E-state index in [2.05, 4.69) is 45.0 Å². The van der Waals surface area contributed by atoms with Gasteiger partial charge in [0, 0.05) is 49.1 Å². The molecule has 2 amide bonds. The Labute approximate surface area is 253 Å². The third kappa shape index (κ3) is 7.13. The lowest BCUT2D eigenvalue weighted by Gasteiger charge is -2.28. The van der Waals surface area contributed by atoms with E-state index in [9.17, 15) is 14.7 Å². The van der Waals surface area contributed by atoms with Gasteiger partial charge in [0.15, 0.2) is 0 Å². The van der Waals surface area contributed by atoms with Crippen LogP contribution >= 0.6 is 11.9 Å². The van der Waals surface area contributed by atoms with Gasteiger partial charge in [-0.25, -0.2) is 0 Å². The highest BCUT2D eigenvalue weighted by molar-refractivity contribution is 8.00. The summed E-state index contributed by atoms with van der Waals surface area (Å²) in [5, 5.41) is 22.1. The predicted octanol–water partition coefficient (Wildman–Crippen LogP) is 4.43. The molecular weight excluding hydrogens is 546 g/mol. The van der Waals surface area contributed by atoms with Crippen molar-refractivity contribution in [3.8, 4) is 0 Å². The van der Waals surface area contributed by atoms with E-state index in [4.69, 9.17) is 0 Å². The van der Waals surface area contributed by atoms with Gasteiger partial charge in [-0.1, -0.05) is 49.6 Å². The second kappa shape index (κ2) is 14.0. The fourth-order valence-electron chi connectivity index (χ4n) is 6.19. The van der Waals surface area contributed by atoms with Crippen LogP contribution in [0.5, 0.6) is 0 Å². The number of rotatable bonds is 11. The fraction of sp³-hybridized carbons (Fsp3) is 0.515. The highest BCUT2D eigenvalue weighted by Crippen LogP contribution is 2.38. The van der Waals surface area contributed by atoms with Crippen molar-refractivity contribution >= 4 is 40.4 Å².